The molecule has 1 saturated heterocycles. The highest BCUT2D eigenvalue weighted by Crippen LogP contribution is 2.35. The highest BCUT2D eigenvalue weighted by molar-refractivity contribution is 5.84. The third-order valence-corrected chi connectivity index (χ3v) is 4.46. The van der Waals surface area contributed by atoms with Gasteiger partial charge in [0.1, 0.15) is 5.75 Å². The Labute approximate surface area is 120 Å². The van der Waals surface area contributed by atoms with Crippen LogP contribution in [0.1, 0.15) is 38.8 Å². The zero-order valence-electron chi connectivity index (χ0n) is 12.4. The number of aromatic hydroxyl groups is 1. The van der Waals surface area contributed by atoms with E-state index in [0.29, 0.717) is 5.92 Å². The molecule has 110 valence electrons. The molecule has 2 unspecified atom stereocenters. The van der Waals surface area contributed by atoms with Crippen LogP contribution in [0.15, 0.2) is 24.3 Å². The van der Waals surface area contributed by atoms with Gasteiger partial charge in [0.05, 0.1) is 11.5 Å². The lowest BCUT2D eigenvalue weighted by Crippen LogP contribution is -2.46. The monoisotopic (exact) mass is 276 g/mol. The van der Waals surface area contributed by atoms with E-state index >= 15 is 0 Å². The predicted molar refractivity (Wildman–Crippen MR) is 79.4 cm³/mol. The van der Waals surface area contributed by atoms with Gasteiger partial charge in [-0.25, -0.2) is 0 Å². The van der Waals surface area contributed by atoms with Gasteiger partial charge in [-0.2, -0.15) is 0 Å². The zero-order chi connectivity index (χ0) is 14.8. The Bertz CT molecular complexity index is 479. The molecule has 1 aliphatic rings. The van der Waals surface area contributed by atoms with E-state index in [4.69, 9.17) is 0 Å². The Morgan fingerprint density at radius 3 is 2.70 bits per heavy atom. The van der Waals surface area contributed by atoms with Gasteiger partial charge in [-0.3, -0.25) is 4.79 Å². The summed E-state index contributed by atoms with van der Waals surface area (Å²) in [6, 6.07) is 6.93. The Kier molecular flexibility index (Phi) is 4.33. The van der Waals surface area contributed by atoms with E-state index < -0.39 is 0 Å². The van der Waals surface area contributed by atoms with Crippen LogP contribution in [0, 0.1) is 11.3 Å². The second-order valence-corrected chi connectivity index (χ2v) is 6.03. The predicted octanol–water partition coefficient (Wildman–Crippen LogP) is 2.21. The summed E-state index contributed by atoms with van der Waals surface area (Å²) in [6.45, 7) is 7.79. The first-order valence-electron chi connectivity index (χ1n) is 7.26. The lowest BCUT2D eigenvalue weighted by molar-refractivity contribution is -0.133. The molecule has 2 rings (SSSR count). The molecule has 4 nitrogen and oxygen atoms in total. The highest BCUT2D eigenvalue weighted by atomic mass is 16.3. The number of carbonyl (C=O) groups excluding carboxylic acids is 1. The molecule has 1 aromatic carbocycles. The van der Waals surface area contributed by atoms with Crippen LogP contribution >= 0.6 is 0 Å². The molecule has 1 fully saturated rings. The topological polar surface area (TPSA) is 61.4 Å². The first kappa shape index (κ1) is 14.9. The number of hydrogen-bond acceptors (Lipinski definition) is 3. The van der Waals surface area contributed by atoms with Gasteiger partial charge in [0.15, 0.2) is 0 Å². The standard InChI is InChI=1S/C16H24N2O2/c1-11(2)16(7-8-17-10-16)15(20)18-12(3)13-5-4-6-14(19)9-13/h4-6,9,11-12,17,19H,7-8,10H2,1-3H3,(H,18,20). The van der Waals surface area contributed by atoms with Gasteiger partial charge in [-0.05, 0) is 43.5 Å². The molecule has 0 radical (unpaired) electrons. The normalized spacial score (nSPS) is 23.8. The van der Waals surface area contributed by atoms with Crippen molar-refractivity contribution in [2.45, 2.75) is 33.2 Å². The van der Waals surface area contributed by atoms with Gasteiger partial charge in [0.2, 0.25) is 5.91 Å². The molecule has 0 bridgehead atoms. The van der Waals surface area contributed by atoms with Crippen molar-refractivity contribution in [2.75, 3.05) is 13.1 Å². The van der Waals surface area contributed by atoms with E-state index in [1.54, 1.807) is 18.2 Å². The summed E-state index contributed by atoms with van der Waals surface area (Å²) in [5, 5.41) is 15.9. The van der Waals surface area contributed by atoms with Crippen molar-refractivity contribution in [3.63, 3.8) is 0 Å². The summed E-state index contributed by atoms with van der Waals surface area (Å²) in [5.41, 5.74) is 0.605. The van der Waals surface area contributed by atoms with Crippen LogP contribution in [0.25, 0.3) is 0 Å². The fraction of sp³-hybridized carbons (Fsp3) is 0.562. The maximum atomic E-state index is 12.7. The van der Waals surface area contributed by atoms with Crippen LogP contribution in [0.3, 0.4) is 0 Å². The minimum atomic E-state index is -0.314. The van der Waals surface area contributed by atoms with Gasteiger partial charge < -0.3 is 15.7 Å². The summed E-state index contributed by atoms with van der Waals surface area (Å²) in [7, 11) is 0. The SMILES string of the molecule is CC(NC(=O)C1(C(C)C)CCNC1)c1cccc(O)c1. The van der Waals surface area contributed by atoms with Gasteiger partial charge in [-0.15, -0.1) is 0 Å². The maximum absolute atomic E-state index is 12.7. The molecular weight excluding hydrogens is 252 g/mol. The molecule has 1 aromatic rings. The van der Waals surface area contributed by atoms with E-state index in [2.05, 4.69) is 24.5 Å². The lowest BCUT2D eigenvalue weighted by Gasteiger charge is -2.32. The Balaban J connectivity index is 2.10. The second kappa shape index (κ2) is 5.83. The molecule has 20 heavy (non-hydrogen) atoms. The quantitative estimate of drug-likeness (QED) is 0.790. The molecule has 2 atom stereocenters. The second-order valence-electron chi connectivity index (χ2n) is 6.03. The van der Waals surface area contributed by atoms with Gasteiger partial charge >= 0.3 is 0 Å². The zero-order valence-corrected chi connectivity index (χ0v) is 12.4. The first-order chi connectivity index (χ1) is 9.45. The smallest absolute Gasteiger partial charge is 0.228 e. The minimum absolute atomic E-state index is 0.105. The molecule has 0 saturated carbocycles. The Morgan fingerprint density at radius 2 is 2.15 bits per heavy atom. The van der Waals surface area contributed by atoms with Crippen molar-refractivity contribution in [1.29, 1.82) is 0 Å². The molecule has 0 aliphatic carbocycles. The molecule has 0 spiro atoms. The third-order valence-electron chi connectivity index (χ3n) is 4.46. The molecule has 1 amide bonds. The van der Waals surface area contributed by atoms with Crippen molar-refractivity contribution in [3.05, 3.63) is 29.8 Å². The number of hydrogen-bond donors (Lipinski definition) is 3. The van der Waals surface area contributed by atoms with Crippen molar-refractivity contribution in [2.24, 2.45) is 11.3 Å². The Hall–Kier alpha value is -1.55. The number of carbonyl (C=O) groups is 1. The number of benzene rings is 1. The molecule has 3 N–H and O–H groups in total. The fourth-order valence-corrected chi connectivity index (χ4v) is 2.88. The van der Waals surface area contributed by atoms with Crippen molar-refractivity contribution < 1.29 is 9.90 Å². The summed E-state index contributed by atoms with van der Waals surface area (Å²) < 4.78 is 0. The van der Waals surface area contributed by atoms with E-state index in [-0.39, 0.29) is 23.1 Å². The summed E-state index contributed by atoms with van der Waals surface area (Å²) in [5.74, 6) is 0.631. The van der Waals surface area contributed by atoms with Crippen LogP contribution in [-0.2, 0) is 4.79 Å². The minimum Gasteiger partial charge on any atom is -0.508 e. The number of amides is 1. The van der Waals surface area contributed by atoms with Crippen molar-refractivity contribution in [1.82, 2.24) is 10.6 Å². The van der Waals surface area contributed by atoms with Gasteiger partial charge in [0, 0.05) is 6.54 Å². The van der Waals surface area contributed by atoms with Gasteiger partial charge in [-0.1, -0.05) is 26.0 Å². The average Bonchev–Trinajstić information content (AvgIpc) is 2.89. The molecule has 0 aromatic heterocycles. The van der Waals surface area contributed by atoms with E-state index in [1.807, 2.05) is 13.0 Å². The van der Waals surface area contributed by atoms with E-state index in [0.717, 1.165) is 25.1 Å². The lowest BCUT2D eigenvalue weighted by atomic mass is 9.75. The summed E-state index contributed by atoms with van der Waals surface area (Å²) in [6.07, 6.45) is 0.878. The first-order valence-corrected chi connectivity index (χ1v) is 7.26. The Morgan fingerprint density at radius 1 is 1.40 bits per heavy atom. The summed E-state index contributed by atoms with van der Waals surface area (Å²) in [4.78, 5) is 12.7. The number of phenols is 1. The molecular formula is C16H24N2O2. The van der Waals surface area contributed by atoms with Crippen LogP contribution in [0.2, 0.25) is 0 Å². The van der Waals surface area contributed by atoms with Crippen LogP contribution in [-0.4, -0.2) is 24.1 Å². The van der Waals surface area contributed by atoms with Crippen LogP contribution < -0.4 is 10.6 Å². The number of phenolic OH excluding ortho intramolecular Hbond substituents is 1. The van der Waals surface area contributed by atoms with Crippen molar-refractivity contribution in [3.8, 4) is 5.75 Å². The molecule has 1 heterocycles. The van der Waals surface area contributed by atoms with E-state index in [1.165, 1.54) is 0 Å². The van der Waals surface area contributed by atoms with Crippen LogP contribution in [0.4, 0.5) is 0 Å². The number of rotatable bonds is 4. The summed E-state index contributed by atoms with van der Waals surface area (Å²) >= 11 is 0. The fourth-order valence-electron chi connectivity index (χ4n) is 2.88. The highest BCUT2D eigenvalue weighted by Gasteiger charge is 2.44. The third kappa shape index (κ3) is 2.80. The largest absolute Gasteiger partial charge is 0.508 e. The average molecular weight is 276 g/mol. The van der Waals surface area contributed by atoms with Crippen molar-refractivity contribution >= 4 is 5.91 Å². The number of nitrogens with one attached hydrogen (secondary N) is 2. The molecule has 1 aliphatic heterocycles. The van der Waals surface area contributed by atoms with E-state index in [9.17, 15) is 9.90 Å². The maximum Gasteiger partial charge on any atom is 0.228 e. The van der Waals surface area contributed by atoms with Crippen LogP contribution in [0.5, 0.6) is 5.75 Å². The van der Waals surface area contributed by atoms with Gasteiger partial charge in [0.25, 0.3) is 0 Å². The molecule has 4 heteroatoms.